The van der Waals surface area contributed by atoms with Gasteiger partial charge in [0.05, 0.1) is 32.7 Å². The third-order valence-corrected chi connectivity index (χ3v) is 4.65. The number of anilines is 1. The Morgan fingerprint density at radius 2 is 1.52 bits per heavy atom. The van der Waals surface area contributed by atoms with Crippen LogP contribution in [0.4, 0.5) is 5.82 Å². The number of amides is 1. The molecule has 3 rings (SSSR count). The monoisotopic (exact) mass is 421 g/mol. The first-order valence-corrected chi connectivity index (χ1v) is 9.79. The standard InChI is InChI=1S/C24H27N3O4/c1-15-9-16(2)11-19(10-15)27-22(12-17(3)26-27)25-23(28)8-7-18-13-20(29-4)24(31-6)21(14-18)30-5/h7-14H,1-6H3,(H,25,28)/b8-7+. The summed E-state index contributed by atoms with van der Waals surface area (Å²) in [6.45, 7) is 5.96. The molecule has 0 aliphatic rings. The Morgan fingerprint density at radius 1 is 0.903 bits per heavy atom. The third kappa shape index (κ3) is 5.06. The number of carbonyl (C=O) groups excluding carboxylic acids is 1. The van der Waals surface area contributed by atoms with Crippen LogP contribution in [0.2, 0.25) is 0 Å². The second-order valence-electron chi connectivity index (χ2n) is 7.21. The summed E-state index contributed by atoms with van der Waals surface area (Å²) >= 11 is 0. The fraction of sp³-hybridized carbons (Fsp3) is 0.250. The smallest absolute Gasteiger partial charge is 0.249 e. The molecule has 162 valence electrons. The average molecular weight is 421 g/mol. The number of aromatic nitrogens is 2. The van der Waals surface area contributed by atoms with Crippen LogP contribution in [0.3, 0.4) is 0 Å². The molecule has 0 spiro atoms. The summed E-state index contributed by atoms with van der Waals surface area (Å²) in [6.07, 6.45) is 3.14. The number of aryl methyl sites for hydroxylation is 3. The number of benzene rings is 2. The summed E-state index contributed by atoms with van der Waals surface area (Å²) in [7, 11) is 4.65. The van der Waals surface area contributed by atoms with Crippen molar-refractivity contribution in [3.63, 3.8) is 0 Å². The largest absolute Gasteiger partial charge is 0.493 e. The quantitative estimate of drug-likeness (QED) is 0.570. The van der Waals surface area contributed by atoms with Gasteiger partial charge in [0.2, 0.25) is 11.7 Å². The summed E-state index contributed by atoms with van der Waals surface area (Å²) in [5.41, 5.74) is 4.70. The first-order chi connectivity index (χ1) is 14.8. The molecule has 0 saturated heterocycles. The number of hydrogen-bond acceptors (Lipinski definition) is 5. The molecule has 7 nitrogen and oxygen atoms in total. The number of ether oxygens (including phenoxy) is 3. The molecule has 0 aliphatic heterocycles. The van der Waals surface area contributed by atoms with Crippen molar-refractivity contribution in [2.45, 2.75) is 20.8 Å². The number of nitrogens with zero attached hydrogens (tertiary/aromatic N) is 2. The summed E-state index contributed by atoms with van der Waals surface area (Å²) in [4.78, 5) is 12.6. The van der Waals surface area contributed by atoms with Gasteiger partial charge < -0.3 is 19.5 Å². The lowest BCUT2D eigenvalue weighted by molar-refractivity contribution is -0.111. The molecule has 0 unspecified atom stereocenters. The van der Waals surface area contributed by atoms with Crippen molar-refractivity contribution in [3.05, 3.63) is 64.9 Å². The molecule has 7 heteroatoms. The van der Waals surface area contributed by atoms with E-state index in [4.69, 9.17) is 14.2 Å². The number of hydrogen-bond donors (Lipinski definition) is 1. The molecule has 2 aromatic carbocycles. The molecule has 1 N–H and O–H groups in total. The van der Waals surface area contributed by atoms with Gasteiger partial charge in [0.25, 0.3) is 0 Å². The minimum absolute atomic E-state index is 0.278. The summed E-state index contributed by atoms with van der Waals surface area (Å²) in [6, 6.07) is 11.5. The molecule has 0 fully saturated rings. The molecular formula is C24H27N3O4. The predicted molar refractivity (Wildman–Crippen MR) is 122 cm³/mol. The Balaban J connectivity index is 1.84. The zero-order chi connectivity index (χ0) is 22.5. The van der Waals surface area contributed by atoms with E-state index in [2.05, 4.69) is 16.5 Å². The van der Waals surface area contributed by atoms with E-state index in [-0.39, 0.29) is 5.91 Å². The minimum Gasteiger partial charge on any atom is -0.493 e. The van der Waals surface area contributed by atoms with Crippen LogP contribution in [-0.2, 0) is 4.79 Å². The van der Waals surface area contributed by atoms with E-state index < -0.39 is 0 Å². The number of rotatable bonds is 7. The van der Waals surface area contributed by atoms with Crippen molar-refractivity contribution < 1.29 is 19.0 Å². The zero-order valence-electron chi connectivity index (χ0n) is 18.6. The highest BCUT2D eigenvalue weighted by Gasteiger charge is 2.13. The van der Waals surface area contributed by atoms with Crippen molar-refractivity contribution in [2.24, 2.45) is 0 Å². The van der Waals surface area contributed by atoms with Crippen molar-refractivity contribution in [1.82, 2.24) is 9.78 Å². The summed E-state index contributed by atoms with van der Waals surface area (Å²) in [5, 5.41) is 7.44. The van der Waals surface area contributed by atoms with E-state index >= 15 is 0 Å². The van der Waals surface area contributed by atoms with E-state index in [1.54, 1.807) is 44.2 Å². The normalized spacial score (nSPS) is 10.9. The molecular weight excluding hydrogens is 394 g/mol. The van der Waals surface area contributed by atoms with E-state index in [9.17, 15) is 4.79 Å². The van der Waals surface area contributed by atoms with Crippen LogP contribution >= 0.6 is 0 Å². The van der Waals surface area contributed by atoms with Crippen LogP contribution in [0.5, 0.6) is 17.2 Å². The second-order valence-corrected chi connectivity index (χ2v) is 7.21. The lowest BCUT2D eigenvalue weighted by Crippen LogP contribution is -2.12. The van der Waals surface area contributed by atoms with E-state index in [0.717, 1.165) is 28.1 Å². The molecule has 0 atom stereocenters. The Bertz CT molecular complexity index is 1090. The van der Waals surface area contributed by atoms with E-state index in [1.807, 2.05) is 39.0 Å². The van der Waals surface area contributed by atoms with Crippen molar-refractivity contribution in [1.29, 1.82) is 0 Å². The maximum absolute atomic E-state index is 12.6. The highest BCUT2D eigenvalue weighted by atomic mass is 16.5. The Morgan fingerprint density at radius 3 is 2.06 bits per heavy atom. The van der Waals surface area contributed by atoms with Gasteiger partial charge in [-0.25, -0.2) is 4.68 Å². The van der Waals surface area contributed by atoms with Crippen LogP contribution in [0.25, 0.3) is 11.8 Å². The number of methoxy groups -OCH3 is 3. The van der Waals surface area contributed by atoms with Gasteiger partial charge in [-0.2, -0.15) is 5.10 Å². The van der Waals surface area contributed by atoms with E-state index in [1.165, 1.54) is 6.08 Å². The minimum atomic E-state index is -0.278. The molecule has 3 aromatic rings. The van der Waals surface area contributed by atoms with Crippen LogP contribution in [-0.4, -0.2) is 37.0 Å². The van der Waals surface area contributed by atoms with Crippen LogP contribution in [0.15, 0.2) is 42.5 Å². The first kappa shape index (κ1) is 22.0. The maximum Gasteiger partial charge on any atom is 0.249 e. The second kappa shape index (κ2) is 9.38. The molecule has 1 amide bonds. The molecule has 0 aliphatic carbocycles. The maximum atomic E-state index is 12.6. The van der Waals surface area contributed by atoms with Gasteiger partial charge in [-0.3, -0.25) is 4.79 Å². The number of nitrogens with one attached hydrogen (secondary N) is 1. The van der Waals surface area contributed by atoms with Gasteiger partial charge in [-0.15, -0.1) is 0 Å². The molecule has 31 heavy (non-hydrogen) atoms. The fourth-order valence-electron chi connectivity index (χ4n) is 3.40. The fourth-order valence-corrected chi connectivity index (χ4v) is 3.40. The van der Waals surface area contributed by atoms with Crippen molar-refractivity contribution in [2.75, 3.05) is 26.6 Å². The van der Waals surface area contributed by atoms with Gasteiger partial charge >= 0.3 is 0 Å². The topological polar surface area (TPSA) is 74.6 Å². The zero-order valence-corrected chi connectivity index (χ0v) is 18.6. The molecule has 0 bridgehead atoms. The summed E-state index contributed by atoms with van der Waals surface area (Å²) < 4.78 is 17.8. The highest BCUT2D eigenvalue weighted by Crippen LogP contribution is 2.38. The SMILES string of the molecule is COc1cc(/C=C/C(=O)Nc2cc(C)nn2-c2cc(C)cc(C)c2)cc(OC)c1OC. The van der Waals surface area contributed by atoms with Crippen LogP contribution in [0, 0.1) is 20.8 Å². The Kier molecular flexibility index (Phi) is 6.65. The Hall–Kier alpha value is -3.74. The van der Waals surface area contributed by atoms with Crippen molar-refractivity contribution >= 4 is 17.8 Å². The van der Waals surface area contributed by atoms with Gasteiger partial charge in [-0.1, -0.05) is 6.07 Å². The van der Waals surface area contributed by atoms with Crippen LogP contribution in [0.1, 0.15) is 22.4 Å². The van der Waals surface area contributed by atoms with Gasteiger partial charge in [-0.05, 0) is 67.8 Å². The lowest BCUT2D eigenvalue weighted by Gasteiger charge is -2.12. The molecule has 1 aromatic heterocycles. The average Bonchev–Trinajstić information content (AvgIpc) is 3.10. The molecule has 0 saturated carbocycles. The molecule has 1 heterocycles. The van der Waals surface area contributed by atoms with Gasteiger partial charge in [0.1, 0.15) is 5.82 Å². The highest BCUT2D eigenvalue weighted by molar-refractivity contribution is 6.01. The van der Waals surface area contributed by atoms with Crippen LogP contribution < -0.4 is 19.5 Å². The van der Waals surface area contributed by atoms with Crippen molar-refractivity contribution in [3.8, 4) is 22.9 Å². The Labute approximate surface area is 182 Å². The van der Waals surface area contributed by atoms with Gasteiger partial charge in [0, 0.05) is 12.1 Å². The summed E-state index contributed by atoms with van der Waals surface area (Å²) in [5.74, 6) is 1.86. The first-order valence-electron chi connectivity index (χ1n) is 9.79. The predicted octanol–water partition coefficient (Wildman–Crippen LogP) is 4.48. The van der Waals surface area contributed by atoms with E-state index in [0.29, 0.717) is 23.1 Å². The lowest BCUT2D eigenvalue weighted by atomic mass is 10.1. The molecule has 0 radical (unpaired) electrons. The third-order valence-electron chi connectivity index (χ3n) is 4.65. The number of carbonyl (C=O) groups is 1. The van der Waals surface area contributed by atoms with Gasteiger partial charge in [0.15, 0.2) is 11.5 Å².